The van der Waals surface area contributed by atoms with Gasteiger partial charge in [-0.2, -0.15) is 0 Å². The van der Waals surface area contributed by atoms with E-state index < -0.39 is 0 Å². The van der Waals surface area contributed by atoms with Crippen molar-refractivity contribution in [2.75, 3.05) is 13.7 Å². The van der Waals surface area contributed by atoms with Gasteiger partial charge in [-0.25, -0.2) is 5.43 Å². The fourth-order valence-electron chi connectivity index (χ4n) is 2.47. The van der Waals surface area contributed by atoms with Crippen molar-refractivity contribution in [3.05, 3.63) is 65.7 Å². The predicted octanol–water partition coefficient (Wildman–Crippen LogP) is 2.98. The van der Waals surface area contributed by atoms with Gasteiger partial charge in [0.2, 0.25) is 0 Å². The first-order chi connectivity index (χ1) is 10.3. The van der Waals surface area contributed by atoms with E-state index >= 15 is 0 Å². The highest BCUT2D eigenvalue weighted by molar-refractivity contribution is 5.38. The van der Waals surface area contributed by atoms with Gasteiger partial charge < -0.3 is 9.47 Å². The molecule has 0 radical (unpaired) electrons. The van der Waals surface area contributed by atoms with E-state index in [2.05, 4.69) is 5.43 Å². The van der Waals surface area contributed by atoms with Crippen LogP contribution in [0.1, 0.15) is 30.2 Å². The normalized spacial score (nSPS) is 13.7. The molecule has 0 fully saturated rings. The topological polar surface area (TPSA) is 56.5 Å². The Morgan fingerprint density at radius 1 is 1.05 bits per heavy atom. The molecule has 0 saturated carbocycles. The van der Waals surface area contributed by atoms with E-state index in [0.29, 0.717) is 6.61 Å². The first-order valence-electron chi connectivity index (χ1n) is 7.07. The molecule has 112 valence electrons. The molecule has 3 N–H and O–H groups in total. The van der Waals surface area contributed by atoms with Gasteiger partial charge in [-0.1, -0.05) is 48.5 Å². The van der Waals surface area contributed by atoms with Crippen LogP contribution in [0.5, 0.6) is 5.75 Å². The second-order valence-corrected chi connectivity index (χ2v) is 4.68. The van der Waals surface area contributed by atoms with Crippen LogP contribution < -0.4 is 16.0 Å². The summed E-state index contributed by atoms with van der Waals surface area (Å²) < 4.78 is 11.4. The van der Waals surface area contributed by atoms with Crippen LogP contribution in [0.3, 0.4) is 0 Å². The number of nitrogens with two attached hydrogens (primary N) is 1. The van der Waals surface area contributed by atoms with E-state index in [9.17, 15) is 0 Å². The third-order valence-corrected chi connectivity index (χ3v) is 3.42. The molecule has 2 atom stereocenters. The summed E-state index contributed by atoms with van der Waals surface area (Å²) in [5.41, 5.74) is 4.91. The van der Waals surface area contributed by atoms with Gasteiger partial charge in [-0.05, 0) is 18.6 Å². The zero-order valence-electron chi connectivity index (χ0n) is 12.5. The fraction of sp³-hybridized carbons (Fsp3) is 0.294. The molecular formula is C17H22N2O2. The summed E-state index contributed by atoms with van der Waals surface area (Å²) in [7, 11) is 1.69. The Bertz CT molecular complexity index is 545. The SMILES string of the molecule is CCOc1ccccc1C(NN)C(OC)c1ccccc1. The average Bonchev–Trinajstić information content (AvgIpc) is 2.54. The van der Waals surface area contributed by atoms with Gasteiger partial charge in [0, 0.05) is 12.7 Å². The summed E-state index contributed by atoms with van der Waals surface area (Å²) in [4.78, 5) is 0. The number of rotatable bonds is 7. The molecule has 0 spiro atoms. The highest BCUT2D eigenvalue weighted by Crippen LogP contribution is 2.35. The third kappa shape index (κ3) is 3.61. The summed E-state index contributed by atoms with van der Waals surface area (Å²) >= 11 is 0. The molecule has 4 heteroatoms. The first-order valence-corrected chi connectivity index (χ1v) is 7.07. The predicted molar refractivity (Wildman–Crippen MR) is 83.9 cm³/mol. The molecule has 0 amide bonds. The molecule has 2 rings (SSSR count). The number of nitrogens with one attached hydrogen (secondary N) is 1. The zero-order chi connectivity index (χ0) is 15.1. The van der Waals surface area contributed by atoms with Gasteiger partial charge in [0.25, 0.3) is 0 Å². The molecular weight excluding hydrogens is 264 g/mol. The molecule has 0 heterocycles. The van der Waals surface area contributed by atoms with Crippen molar-refractivity contribution >= 4 is 0 Å². The van der Waals surface area contributed by atoms with Crippen molar-refractivity contribution in [1.29, 1.82) is 0 Å². The second-order valence-electron chi connectivity index (χ2n) is 4.68. The smallest absolute Gasteiger partial charge is 0.124 e. The summed E-state index contributed by atoms with van der Waals surface area (Å²) in [6, 6.07) is 17.7. The molecule has 2 aromatic carbocycles. The third-order valence-electron chi connectivity index (χ3n) is 3.42. The van der Waals surface area contributed by atoms with Crippen LogP contribution in [0, 0.1) is 0 Å². The van der Waals surface area contributed by atoms with E-state index in [1.807, 2.05) is 61.5 Å². The average molecular weight is 286 g/mol. The van der Waals surface area contributed by atoms with Crippen LogP contribution in [0.4, 0.5) is 0 Å². The minimum atomic E-state index is -0.196. The zero-order valence-corrected chi connectivity index (χ0v) is 12.5. The van der Waals surface area contributed by atoms with E-state index in [1.54, 1.807) is 7.11 Å². The van der Waals surface area contributed by atoms with Crippen LogP contribution in [0.25, 0.3) is 0 Å². The molecule has 2 unspecified atom stereocenters. The molecule has 0 bridgehead atoms. The fourth-order valence-corrected chi connectivity index (χ4v) is 2.47. The Morgan fingerprint density at radius 3 is 2.33 bits per heavy atom. The number of benzene rings is 2. The maximum absolute atomic E-state index is 5.80. The van der Waals surface area contributed by atoms with Crippen LogP contribution in [-0.2, 0) is 4.74 Å². The number of hydrogen-bond donors (Lipinski definition) is 2. The molecule has 4 nitrogen and oxygen atoms in total. The Balaban J connectivity index is 2.38. The number of methoxy groups -OCH3 is 1. The molecule has 0 aliphatic carbocycles. The molecule has 0 aromatic heterocycles. The van der Waals surface area contributed by atoms with Crippen LogP contribution >= 0.6 is 0 Å². The maximum atomic E-state index is 5.80. The lowest BCUT2D eigenvalue weighted by atomic mass is 9.95. The highest BCUT2D eigenvalue weighted by atomic mass is 16.5. The van der Waals surface area contributed by atoms with Crippen LogP contribution in [-0.4, -0.2) is 13.7 Å². The molecule has 0 saturated heterocycles. The van der Waals surface area contributed by atoms with Crippen molar-refractivity contribution in [3.63, 3.8) is 0 Å². The molecule has 0 aliphatic rings. The maximum Gasteiger partial charge on any atom is 0.124 e. The van der Waals surface area contributed by atoms with Crippen LogP contribution in [0.2, 0.25) is 0 Å². The highest BCUT2D eigenvalue weighted by Gasteiger charge is 2.26. The van der Waals surface area contributed by atoms with Gasteiger partial charge in [0.1, 0.15) is 11.9 Å². The number of hydrazine groups is 1. The monoisotopic (exact) mass is 286 g/mol. The number of hydrogen-bond acceptors (Lipinski definition) is 4. The van der Waals surface area contributed by atoms with Gasteiger partial charge in [-0.3, -0.25) is 5.84 Å². The Morgan fingerprint density at radius 2 is 1.71 bits per heavy atom. The minimum absolute atomic E-state index is 0.194. The summed E-state index contributed by atoms with van der Waals surface area (Å²) in [6.45, 7) is 2.57. The lowest BCUT2D eigenvalue weighted by Crippen LogP contribution is -2.33. The van der Waals surface area contributed by atoms with E-state index in [-0.39, 0.29) is 12.1 Å². The largest absolute Gasteiger partial charge is 0.494 e. The standard InChI is InChI=1S/C17H22N2O2/c1-3-21-15-12-8-7-11-14(15)16(19-18)17(20-2)13-9-5-4-6-10-13/h4-12,16-17,19H,3,18H2,1-2H3. The van der Waals surface area contributed by atoms with Crippen LogP contribution in [0.15, 0.2) is 54.6 Å². The Labute approximate surface area is 125 Å². The van der Waals surface area contributed by atoms with E-state index in [0.717, 1.165) is 16.9 Å². The van der Waals surface area contributed by atoms with E-state index in [1.165, 1.54) is 0 Å². The lowest BCUT2D eigenvalue weighted by Gasteiger charge is -2.27. The summed E-state index contributed by atoms with van der Waals surface area (Å²) in [5, 5.41) is 0. The van der Waals surface area contributed by atoms with Crippen molar-refractivity contribution in [2.24, 2.45) is 5.84 Å². The van der Waals surface area contributed by atoms with Gasteiger partial charge >= 0.3 is 0 Å². The molecule has 21 heavy (non-hydrogen) atoms. The van der Waals surface area contributed by atoms with Crippen molar-refractivity contribution < 1.29 is 9.47 Å². The second kappa shape index (κ2) is 7.78. The quantitative estimate of drug-likeness (QED) is 0.607. The van der Waals surface area contributed by atoms with E-state index in [4.69, 9.17) is 15.3 Å². The number of para-hydroxylation sites is 1. The summed E-state index contributed by atoms with van der Waals surface area (Å²) in [6.07, 6.45) is -0.196. The van der Waals surface area contributed by atoms with Crippen molar-refractivity contribution in [3.8, 4) is 5.75 Å². The Hall–Kier alpha value is -1.88. The van der Waals surface area contributed by atoms with Gasteiger partial charge in [0.15, 0.2) is 0 Å². The molecule has 0 aliphatic heterocycles. The lowest BCUT2D eigenvalue weighted by molar-refractivity contribution is 0.0665. The Kier molecular flexibility index (Phi) is 5.75. The van der Waals surface area contributed by atoms with Gasteiger partial charge in [0.05, 0.1) is 12.6 Å². The molecule has 2 aromatic rings. The minimum Gasteiger partial charge on any atom is -0.494 e. The van der Waals surface area contributed by atoms with Crippen molar-refractivity contribution in [1.82, 2.24) is 5.43 Å². The number of ether oxygens (including phenoxy) is 2. The first kappa shape index (κ1) is 15.5. The van der Waals surface area contributed by atoms with Crippen molar-refractivity contribution in [2.45, 2.75) is 19.1 Å². The summed E-state index contributed by atoms with van der Waals surface area (Å²) in [5.74, 6) is 6.62. The van der Waals surface area contributed by atoms with Gasteiger partial charge in [-0.15, -0.1) is 0 Å².